The van der Waals surface area contributed by atoms with E-state index in [9.17, 15) is 4.79 Å². The van der Waals surface area contributed by atoms with Crippen molar-refractivity contribution in [1.29, 1.82) is 5.26 Å². The van der Waals surface area contributed by atoms with Crippen molar-refractivity contribution in [3.8, 4) is 6.07 Å². The fraction of sp³-hybridized carbons (Fsp3) is 0.385. The second-order valence-electron chi connectivity index (χ2n) is 4.35. The summed E-state index contributed by atoms with van der Waals surface area (Å²) in [6.07, 6.45) is 2.03. The quantitative estimate of drug-likeness (QED) is 0.894. The van der Waals surface area contributed by atoms with Gasteiger partial charge in [0.25, 0.3) is 5.91 Å². The molecule has 1 unspecified atom stereocenters. The van der Waals surface area contributed by atoms with E-state index in [0.717, 1.165) is 18.4 Å². The zero-order valence-electron chi connectivity index (χ0n) is 9.53. The highest BCUT2D eigenvalue weighted by molar-refractivity contribution is 6.34. The summed E-state index contributed by atoms with van der Waals surface area (Å²) in [5, 5.41) is 12.1. The van der Waals surface area contributed by atoms with Gasteiger partial charge < -0.3 is 5.32 Å². The van der Waals surface area contributed by atoms with Crippen molar-refractivity contribution in [2.75, 3.05) is 0 Å². The number of aryl methyl sites for hydroxylation is 1. The zero-order chi connectivity index (χ0) is 12.4. The van der Waals surface area contributed by atoms with Crippen LogP contribution in [0.25, 0.3) is 0 Å². The van der Waals surface area contributed by atoms with Gasteiger partial charge in [0.15, 0.2) is 0 Å². The van der Waals surface area contributed by atoms with Gasteiger partial charge in [0.05, 0.1) is 16.7 Å². The number of amides is 1. The van der Waals surface area contributed by atoms with Gasteiger partial charge >= 0.3 is 0 Å². The van der Waals surface area contributed by atoms with Gasteiger partial charge in [0.2, 0.25) is 0 Å². The third kappa shape index (κ3) is 2.59. The molecule has 0 heterocycles. The number of nitrogens with zero attached hydrogens (tertiary/aromatic N) is 1. The number of nitriles is 1. The van der Waals surface area contributed by atoms with E-state index in [4.69, 9.17) is 16.9 Å². The molecule has 0 spiro atoms. The van der Waals surface area contributed by atoms with Crippen LogP contribution in [0.2, 0.25) is 5.02 Å². The number of carbonyl (C=O) groups excluding carboxylic acids is 1. The van der Waals surface area contributed by atoms with E-state index < -0.39 is 0 Å². The van der Waals surface area contributed by atoms with Crippen LogP contribution in [0.1, 0.15) is 28.8 Å². The Labute approximate surface area is 105 Å². The van der Waals surface area contributed by atoms with E-state index in [1.165, 1.54) is 0 Å². The minimum Gasteiger partial charge on any atom is -0.336 e. The fourth-order valence-corrected chi connectivity index (χ4v) is 1.94. The summed E-state index contributed by atoms with van der Waals surface area (Å²) in [6.45, 7) is 1.85. The molecule has 1 aromatic rings. The number of nitrogens with one attached hydrogen (secondary N) is 1. The fourth-order valence-electron chi connectivity index (χ4n) is 1.73. The van der Waals surface area contributed by atoms with Gasteiger partial charge in [0.1, 0.15) is 6.04 Å². The molecule has 0 aliphatic heterocycles. The maximum Gasteiger partial charge on any atom is 0.253 e. The molecular formula is C13H13ClN2O. The molecule has 1 aliphatic rings. The van der Waals surface area contributed by atoms with E-state index >= 15 is 0 Å². The zero-order valence-corrected chi connectivity index (χ0v) is 10.3. The predicted octanol–water partition coefficient (Wildman–Crippen LogP) is 2.68. The molecule has 3 nitrogen and oxygen atoms in total. The van der Waals surface area contributed by atoms with Crippen molar-refractivity contribution < 1.29 is 4.79 Å². The first-order chi connectivity index (χ1) is 8.13. The highest BCUT2D eigenvalue weighted by Crippen LogP contribution is 2.32. The first kappa shape index (κ1) is 11.9. The molecule has 1 aromatic carbocycles. The lowest BCUT2D eigenvalue weighted by atomic mass is 10.1. The van der Waals surface area contributed by atoms with Crippen LogP contribution in [0.4, 0.5) is 0 Å². The summed E-state index contributed by atoms with van der Waals surface area (Å²) >= 11 is 6.07. The topological polar surface area (TPSA) is 52.9 Å². The first-order valence-corrected chi connectivity index (χ1v) is 5.97. The number of hydrogen-bond donors (Lipinski definition) is 1. The Balaban J connectivity index is 2.14. The maximum atomic E-state index is 12.0. The van der Waals surface area contributed by atoms with Crippen LogP contribution in [0, 0.1) is 24.2 Å². The van der Waals surface area contributed by atoms with E-state index in [1.54, 1.807) is 12.1 Å². The molecule has 1 aliphatic carbocycles. The first-order valence-electron chi connectivity index (χ1n) is 5.59. The third-order valence-corrected chi connectivity index (χ3v) is 3.46. The summed E-state index contributed by atoms with van der Waals surface area (Å²) < 4.78 is 0. The van der Waals surface area contributed by atoms with Crippen LogP contribution in [0.3, 0.4) is 0 Å². The second-order valence-corrected chi connectivity index (χ2v) is 4.73. The smallest absolute Gasteiger partial charge is 0.253 e. The number of carbonyl (C=O) groups is 1. The number of benzene rings is 1. The summed E-state index contributed by atoms with van der Waals surface area (Å²) in [5.74, 6) is 0.0460. The van der Waals surface area contributed by atoms with Gasteiger partial charge in [-0.05, 0) is 37.3 Å². The van der Waals surface area contributed by atoms with E-state index in [1.807, 2.05) is 13.0 Å². The van der Waals surface area contributed by atoms with Gasteiger partial charge in [0, 0.05) is 0 Å². The van der Waals surface area contributed by atoms with Gasteiger partial charge in [-0.2, -0.15) is 5.26 Å². The van der Waals surface area contributed by atoms with Crippen molar-refractivity contribution in [2.24, 2.45) is 5.92 Å². The monoisotopic (exact) mass is 248 g/mol. The standard InChI is InChI=1S/C13H13ClN2O/c1-8-3-2-4-10(12(8)14)13(17)16-11(7-15)9-5-6-9/h2-4,9,11H,5-6H2,1H3,(H,16,17). The minimum absolute atomic E-state index is 0.267. The molecule has 0 radical (unpaired) electrons. The van der Waals surface area contributed by atoms with Crippen LogP contribution >= 0.6 is 11.6 Å². The molecule has 1 amide bonds. The van der Waals surface area contributed by atoms with Gasteiger partial charge in [-0.15, -0.1) is 0 Å². The van der Waals surface area contributed by atoms with Gasteiger partial charge in [-0.3, -0.25) is 4.79 Å². The van der Waals surface area contributed by atoms with Gasteiger partial charge in [-0.1, -0.05) is 23.7 Å². The van der Waals surface area contributed by atoms with E-state index in [0.29, 0.717) is 16.5 Å². The molecule has 0 saturated heterocycles. The summed E-state index contributed by atoms with van der Waals surface area (Å²) in [4.78, 5) is 12.0. The van der Waals surface area contributed by atoms with Crippen molar-refractivity contribution in [3.63, 3.8) is 0 Å². The molecule has 1 fully saturated rings. The van der Waals surface area contributed by atoms with Crippen LogP contribution in [-0.2, 0) is 0 Å². The lowest BCUT2D eigenvalue weighted by molar-refractivity contribution is 0.0942. The molecule has 17 heavy (non-hydrogen) atoms. The Morgan fingerprint density at radius 1 is 1.59 bits per heavy atom. The van der Waals surface area contributed by atoms with Crippen molar-refractivity contribution in [3.05, 3.63) is 34.3 Å². The summed E-state index contributed by atoms with van der Waals surface area (Å²) in [7, 11) is 0. The molecule has 0 bridgehead atoms. The molecule has 1 saturated carbocycles. The summed E-state index contributed by atoms with van der Waals surface area (Å²) in [5.41, 5.74) is 1.30. The Morgan fingerprint density at radius 3 is 2.88 bits per heavy atom. The molecule has 1 atom stereocenters. The largest absolute Gasteiger partial charge is 0.336 e. The number of hydrogen-bond acceptors (Lipinski definition) is 2. The van der Waals surface area contributed by atoms with Crippen LogP contribution in [-0.4, -0.2) is 11.9 Å². The van der Waals surface area contributed by atoms with Crippen LogP contribution < -0.4 is 5.32 Å². The minimum atomic E-state index is -0.390. The predicted molar refractivity (Wildman–Crippen MR) is 65.8 cm³/mol. The molecule has 4 heteroatoms. The number of rotatable bonds is 3. The van der Waals surface area contributed by atoms with E-state index in [2.05, 4.69) is 11.4 Å². The normalized spacial score (nSPS) is 16.1. The third-order valence-electron chi connectivity index (χ3n) is 2.96. The van der Waals surface area contributed by atoms with Crippen molar-refractivity contribution >= 4 is 17.5 Å². The Hall–Kier alpha value is -1.53. The molecule has 1 N–H and O–H groups in total. The highest BCUT2D eigenvalue weighted by atomic mass is 35.5. The average Bonchev–Trinajstić information content (AvgIpc) is 3.13. The molecular weight excluding hydrogens is 236 g/mol. The maximum absolute atomic E-state index is 12.0. The summed E-state index contributed by atoms with van der Waals surface area (Å²) in [6, 6.07) is 7.04. The Bertz CT molecular complexity index is 489. The number of halogens is 1. The SMILES string of the molecule is Cc1cccc(C(=O)NC(C#N)C2CC2)c1Cl. The second kappa shape index (κ2) is 4.77. The molecule has 2 rings (SSSR count). The van der Waals surface area contributed by atoms with Crippen molar-refractivity contribution in [2.45, 2.75) is 25.8 Å². The average molecular weight is 249 g/mol. The van der Waals surface area contributed by atoms with Crippen LogP contribution in [0.5, 0.6) is 0 Å². The van der Waals surface area contributed by atoms with Crippen molar-refractivity contribution in [1.82, 2.24) is 5.32 Å². The Morgan fingerprint density at radius 2 is 2.29 bits per heavy atom. The Kier molecular flexibility index (Phi) is 3.35. The highest BCUT2D eigenvalue weighted by Gasteiger charge is 2.32. The molecule has 88 valence electrons. The lowest BCUT2D eigenvalue weighted by Crippen LogP contribution is -2.35. The van der Waals surface area contributed by atoms with Crippen LogP contribution in [0.15, 0.2) is 18.2 Å². The lowest BCUT2D eigenvalue weighted by Gasteiger charge is -2.12. The molecule has 0 aromatic heterocycles. The van der Waals surface area contributed by atoms with E-state index in [-0.39, 0.29) is 11.9 Å². The van der Waals surface area contributed by atoms with Gasteiger partial charge in [-0.25, -0.2) is 0 Å².